The van der Waals surface area contributed by atoms with E-state index >= 15 is 0 Å². The van der Waals surface area contributed by atoms with E-state index in [9.17, 15) is 4.79 Å². The number of aryl methyl sites for hydroxylation is 2. The molecule has 0 bridgehead atoms. The number of carboxylic acids is 1. The van der Waals surface area contributed by atoms with E-state index in [1.807, 2.05) is 13.1 Å². The summed E-state index contributed by atoms with van der Waals surface area (Å²) in [5.74, 6) is -0.772. The molecule has 4 heteroatoms. The molecule has 1 aromatic carbocycles. The van der Waals surface area contributed by atoms with Crippen molar-refractivity contribution in [2.75, 3.05) is 0 Å². The van der Waals surface area contributed by atoms with Gasteiger partial charge in [0.15, 0.2) is 0 Å². The number of hydrogen-bond acceptors (Lipinski definition) is 2. The first-order valence-electron chi connectivity index (χ1n) is 6.11. The van der Waals surface area contributed by atoms with E-state index in [2.05, 4.69) is 28.9 Å². The Morgan fingerprint density at radius 3 is 3.00 bits per heavy atom. The molecule has 0 saturated carbocycles. The minimum Gasteiger partial charge on any atom is -0.480 e. The number of rotatable bonds is 1. The molecule has 1 atom stereocenters. The number of fused-ring (bicyclic) bond motifs is 3. The van der Waals surface area contributed by atoms with Crippen molar-refractivity contribution in [1.29, 1.82) is 0 Å². The van der Waals surface area contributed by atoms with Crippen LogP contribution in [0, 0.1) is 6.92 Å². The Morgan fingerprint density at radius 2 is 2.28 bits per heavy atom. The molecule has 2 heterocycles. The van der Waals surface area contributed by atoms with E-state index in [0.29, 0.717) is 13.0 Å². The normalized spacial score (nSPS) is 18.9. The number of nitrogens with one attached hydrogen (secondary N) is 1. The van der Waals surface area contributed by atoms with Crippen molar-refractivity contribution < 1.29 is 9.90 Å². The molecule has 2 N–H and O–H groups in total. The maximum atomic E-state index is 11.1. The molecule has 18 heavy (non-hydrogen) atoms. The lowest BCUT2D eigenvalue weighted by Gasteiger charge is -2.21. The van der Waals surface area contributed by atoms with Gasteiger partial charge in [-0.15, -0.1) is 0 Å². The molecule has 0 aliphatic carbocycles. The molecule has 4 nitrogen and oxygen atoms in total. The van der Waals surface area contributed by atoms with Crippen molar-refractivity contribution in [2.24, 2.45) is 7.05 Å². The molecule has 3 rings (SSSR count). The van der Waals surface area contributed by atoms with Crippen LogP contribution in [0.25, 0.3) is 10.9 Å². The number of carboxylic acid groups (broad SMARTS) is 1. The second kappa shape index (κ2) is 3.85. The first-order valence-corrected chi connectivity index (χ1v) is 6.11. The van der Waals surface area contributed by atoms with E-state index in [0.717, 1.165) is 0 Å². The Labute approximate surface area is 105 Å². The molecule has 0 amide bonds. The maximum absolute atomic E-state index is 11.1. The van der Waals surface area contributed by atoms with Gasteiger partial charge in [0.05, 0.1) is 0 Å². The average molecular weight is 244 g/mol. The summed E-state index contributed by atoms with van der Waals surface area (Å²) in [7, 11) is 2.05. The third-order valence-corrected chi connectivity index (χ3v) is 3.89. The quantitative estimate of drug-likeness (QED) is 0.801. The molecule has 1 unspecified atom stereocenters. The van der Waals surface area contributed by atoms with Gasteiger partial charge in [-0.25, -0.2) is 0 Å². The zero-order valence-electron chi connectivity index (χ0n) is 10.5. The highest BCUT2D eigenvalue weighted by atomic mass is 16.4. The molecule has 1 aromatic heterocycles. The van der Waals surface area contributed by atoms with Gasteiger partial charge in [-0.05, 0) is 24.1 Å². The number of hydrogen-bond donors (Lipinski definition) is 2. The van der Waals surface area contributed by atoms with Gasteiger partial charge < -0.3 is 9.67 Å². The molecule has 0 fully saturated rings. The SMILES string of the molecule is Cc1cccc2c1c1c(n2C)CNC(C(=O)O)C1. The van der Waals surface area contributed by atoms with Crippen molar-refractivity contribution >= 4 is 16.9 Å². The fraction of sp³-hybridized carbons (Fsp3) is 0.357. The van der Waals surface area contributed by atoms with Gasteiger partial charge in [-0.3, -0.25) is 10.1 Å². The summed E-state index contributed by atoms with van der Waals surface area (Å²) < 4.78 is 2.17. The van der Waals surface area contributed by atoms with Crippen molar-refractivity contribution in [3.8, 4) is 0 Å². The van der Waals surface area contributed by atoms with E-state index in [4.69, 9.17) is 5.11 Å². The maximum Gasteiger partial charge on any atom is 0.321 e. The predicted molar refractivity (Wildman–Crippen MR) is 69.6 cm³/mol. The number of aliphatic carboxylic acids is 1. The predicted octanol–water partition coefficient (Wildman–Crippen LogP) is 1.59. The van der Waals surface area contributed by atoms with E-state index in [1.54, 1.807) is 0 Å². The lowest BCUT2D eigenvalue weighted by Crippen LogP contribution is -2.41. The van der Waals surface area contributed by atoms with Crippen LogP contribution in [0.15, 0.2) is 18.2 Å². The van der Waals surface area contributed by atoms with Crippen LogP contribution in [-0.4, -0.2) is 21.7 Å². The fourth-order valence-electron chi connectivity index (χ4n) is 2.93. The van der Waals surface area contributed by atoms with Gasteiger partial charge in [-0.2, -0.15) is 0 Å². The lowest BCUT2D eigenvalue weighted by molar-refractivity contribution is -0.139. The Balaban J connectivity index is 2.24. The minimum atomic E-state index is -0.772. The Kier molecular flexibility index (Phi) is 2.41. The highest BCUT2D eigenvalue weighted by Crippen LogP contribution is 2.31. The van der Waals surface area contributed by atoms with Crippen molar-refractivity contribution in [1.82, 2.24) is 9.88 Å². The monoisotopic (exact) mass is 244 g/mol. The topological polar surface area (TPSA) is 54.3 Å². The van der Waals surface area contributed by atoms with E-state index < -0.39 is 12.0 Å². The Morgan fingerprint density at radius 1 is 1.50 bits per heavy atom. The third kappa shape index (κ3) is 1.46. The molecule has 1 aliphatic heterocycles. The Bertz CT molecular complexity index is 643. The molecule has 2 aromatic rings. The Hall–Kier alpha value is -1.81. The van der Waals surface area contributed by atoms with Crippen LogP contribution in [0.3, 0.4) is 0 Å². The first-order chi connectivity index (χ1) is 8.59. The van der Waals surface area contributed by atoms with Crippen molar-refractivity contribution in [3.05, 3.63) is 35.0 Å². The van der Waals surface area contributed by atoms with Gasteiger partial charge >= 0.3 is 5.97 Å². The molecular weight excluding hydrogens is 228 g/mol. The van der Waals surface area contributed by atoms with Crippen LogP contribution in [0.1, 0.15) is 16.8 Å². The second-order valence-corrected chi connectivity index (χ2v) is 4.93. The highest BCUT2D eigenvalue weighted by molar-refractivity contribution is 5.90. The molecular formula is C14H16N2O2. The fourth-order valence-corrected chi connectivity index (χ4v) is 2.93. The van der Waals surface area contributed by atoms with Crippen LogP contribution >= 0.6 is 0 Å². The largest absolute Gasteiger partial charge is 0.480 e. The second-order valence-electron chi connectivity index (χ2n) is 4.93. The van der Waals surface area contributed by atoms with Gasteiger partial charge in [-0.1, -0.05) is 12.1 Å². The summed E-state index contributed by atoms with van der Waals surface area (Å²) in [6.45, 7) is 2.71. The van der Waals surface area contributed by atoms with Crippen LogP contribution < -0.4 is 5.32 Å². The average Bonchev–Trinajstić information content (AvgIpc) is 2.64. The van der Waals surface area contributed by atoms with Gasteiger partial charge in [0, 0.05) is 36.6 Å². The summed E-state index contributed by atoms with van der Waals surface area (Å²) in [6, 6.07) is 5.75. The third-order valence-electron chi connectivity index (χ3n) is 3.89. The van der Waals surface area contributed by atoms with Crippen LogP contribution in [0.2, 0.25) is 0 Å². The smallest absolute Gasteiger partial charge is 0.321 e. The number of benzene rings is 1. The summed E-state index contributed by atoms with van der Waals surface area (Å²) >= 11 is 0. The van der Waals surface area contributed by atoms with E-state index in [-0.39, 0.29) is 0 Å². The van der Waals surface area contributed by atoms with Crippen molar-refractivity contribution in [3.63, 3.8) is 0 Å². The molecule has 0 radical (unpaired) electrons. The van der Waals surface area contributed by atoms with Crippen molar-refractivity contribution in [2.45, 2.75) is 25.9 Å². The zero-order valence-corrected chi connectivity index (χ0v) is 10.5. The first kappa shape index (κ1) is 11.3. The van der Waals surface area contributed by atoms with Gasteiger partial charge in [0.2, 0.25) is 0 Å². The molecule has 94 valence electrons. The van der Waals surface area contributed by atoms with Crippen LogP contribution in [0.4, 0.5) is 0 Å². The summed E-state index contributed by atoms with van der Waals surface area (Å²) in [5.41, 5.74) is 4.80. The number of carbonyl (C=O) groups is 1. The summed E-state index contributed by atoms with van der Waals surface area (Å²) in [5, 5.41) is 13.4. The van der Waals surface area contributed by atoms with E-state index in [1.165, 1.54) is 27.7 Å². The van der Waals surface area contributed by atoms with Gasteiger partial charge in [0.1, 0.15) is 6.04 Å². The van der Waals surface area contributed by atoms with Crippen LogP contribution in [0.5, 0.6) is 0 Å². The number of nitrogens with zero attached hydrogens (tertiary/aromatic N) is 1. The van der Waals surface area contributed by atoms with Gasteiger partial charge in [0.25, 0.3) is 0 Å². The lowest BCUT2D eigenvalue weighted by atomic mass is 9.96. The van der Waals surface area contributed by atoms with Crippen LogP contribution in [-0.2, 0) is 24.8 Å². The summed E-state index contributed by atoms with van der Waals surface area (Å²) in [4.78, 5) is 11.1. The minimum absolute atomic E-state index is 0.470. The molecule has 0 spiro atoms. The standard InChI is InChI=1S/C14H16N2O2/c1-8-4-3-5-11-13(8)9-6-10(14(17)18)15-7-12(9)16(11)2/h3-5,10,15H,6-7H2,1-2H3,(H,17,18). The summed E-state index contributed by atoms with van der Waals surface area (Å²) in [6.07, 6.45) is 0.562. The highest BCUT2D eigenvalue weighted by Gasteiger charge is 2.28. The number of aromatic nitrogens is 1. The molecule has 0 saturated heterocycles. The zero-order chi connectivity index (χ0) is 12.9. The molecule has 1 aliphatic rings.